The number of rotatable bonds is 9. The lowest BCUT2D eigenvalue weighted by Crippen LogP contribution is -2.35. The summed E-state index contributed by atoms with van der Waals surface area (Å²) < 4.78 is 12.2. The van der Waals surface area contributed by atoms with Crippen LogP contribution in [0.5, 0.6) is 5.75 Å². The van der Waals surface area contributed by atoms with E-state index in [0.717, 1.165) is 12.8 Å². The van der Waals surface area contributed by atoms with E-state index in [1.54, 1.807) is 0 Å². The third-order valence-electron chi connectivity index (χ3n) is 5.03. The maximum atomic E-state index is 12.8. The zero-order valence-electron chi connectivity index (χ0n) is 17.5. The van der Waals surface area contributed by atoms with Crippen LogP contribution in [0.1, 0.15) is 60.9 Å². The van der Waals surface area contributed by atoms with E-state index in [2.05, 4.69) is 20.6 Å². The molecule has 2 aromatic heterocycles. The van der Waals surface area contributed by atoms with E-state index in [0.29, 0.717) is 23.4 Å². The van der Waals surface area contributed by atoms with Crippen molar-refractivity contribution in [2.24, 2.45) is 5.92 Å². The summed E-state index contributed by atoms with van der Waals surface area (Å²) >= 11 is 0. The van der Waals surface area contributed by atoms with Gasteiger partial charge in [-0.25, -0.2) is 4.68 Å². The first-order valence-electron chi connectivity index (χ1n) is 10.4. The van der Waals surface area contributed by atoms with Crippen molar-refractivity contribution in [3.63, 3.8) is 0 Å². The van der Waals surface area contributed by atoms with Gasteiger partial charge < -0.3 is 14.6 Å². The molecule has 31 heavy (non-hydrogen) atoms. The highest BCUT2D eigenvalue weighted by Crippen LogP contribution is 2.38. The van der Waals surface area contributed by atoms with Crippen LogP contribution in [0.25, 0.3) is 0 Å². The van der Waals surface area contributed by atoms with Gasteiger partial charge in [-0.1, -0.05) is 37.2 Å². The number of para-hydroxylation sites is 1. The lowest BCUT2D eigenvalue weighted by Gasteiger charge is -2.18. The summed E-state index contributed by atoms with van der Waals surface area (Å²) in [5.41, 5.74) is -0.175. The molecule has 2 heterocycles. The molecule has 1 fully saturated rings. The Morgan fingerprint density at radius 1 is 1.23 bits per heavy atom. The highest BCUT2D eigenvalue weighted by molar-refractivity contribution is 5.92. The van der Waals surface area contributed by atoms with E-state index in [1.807, 2.05) is 44.2 Å². The maximum absolute atomic E-state index is 12.8. The third-order valence-corrected chi connectivity index (χ3v) is 5.03. The van der Waals surface area contributed by atoms with E-state index in [1.165, 1.54) is 16.8 Å². The average Bonchev–Trinajstić information content (AvgIpc) is 3.51. The Kier molecular flexibility index (Phi) is 6.11. The van der Waals surface area contributed by atoms with Gasteiger partial charge in [0, 0.05) is 12.0 Å². The molecule has 0 spiro atoms. The fraction of sp³-hybridized carbons (Fsp3) is 0.409. The second-order valence-electron chi connectivity index (χ2n) is 7.90. The maximum Gasteiger partial charge on any atom is 0.272 e. The zero-order chi connectivity index (χ0) is 21.8. The fourth-order valence-electron chi connectivity index (χ4n) is 3.11. The molecule has 0 saturated heterocycles. The number of ether oxygens (including phenoxy) is 1. The Morgan fingerprint density at radius 3 is 2.71 bits per heavy atom. The number of nitrogens with one attached hydrogen (secondary N) is 1. The fourth-order valence-corrected chi connectivity index (χ4v) is 3.11. The molecule has 1 aliphatic rings. The van der Waals surface area contributed by atoms with Crippen molar-refractivity contribution < 1.29 is 14.1 Å². The van der Waals surface area contributed by atoms with E-state index in [4.69, 9.17) is 9.26 Å². The van der Waals surface area contributed by atoms with Gasteiger partial charge in [-0.05, 0) is 37.0 Å². The van der Waals surface area contributed by atoms with Gasteiger partial charge in [0.15, 0.2) is 5.82 Å². The second kappa shape index (κ2) is 9.11. The first-order valence-corrected chi connectivity index (χ1v) is 10.4. The molecule has 9 nitrogen and oxygen atoms in total. The minimum Gasteiger partial charge on any atom is -0.492 e. The van der Waals surface area contributed by atoms with Crippen molar-refractivity contribution in [2.75, 3.05) is 6.61 Å². The van der Waals surface area contributed by atoms with Gasteiger partial charge in [0.2, 0.25) is 5.89 Å². The van der Waals surface area contributed by atoms with Crippen molar-refractivity contribution in [2.45, 2.75) is 45.2 Å². The third kappa shape index (κ3) is 5.17. The molecule has 1 unspecified atom stereocenters. The van der Waals surface area contributed by atoms with Crippen LogP contribution in [-0.4, -0.2) is 32.4 Å². The molecule has 1 atom stereocenters. The molecule has 1 N–H and O–H groups in total. The van der Waals surface area contributed by atoms with E-state index in [-0.39, 0.29) is 30.3 Å². The standard InChI is InChI=1S/C22H25N5O4/c1-14(2)19(22-24-20(26-31-22)15-8-9-15)23-21(29)17-10-11-18(28)27(25-17)12-13-30-16-6-4-3-5-7-16/h3-7,10-11,14-15,19H,8-9,12-13H2,1-2H3,(H,23,29). The monoisotopic (exact) mass is 423 g/mol. The number of carbonyl (C=O) groups excluding carboxylic acids is 1. The summed E-state index contributed by atoms with van der Waals surface area (Å²) in [5.74, 6) is 1.76. The van der Waals surface area contributed by atoms with Gasteiger partial charge in [0.05, 0.1) is 6.54 Å². The lowest BCUT2D eigenvalue weighted by atomic mass is 10.0. The number of hydrogen-bond acceptors (Lipinski definition) is 7. The molecule has 3 aromatic rings. The van der Waals surface area contributed by atoms with Gasteiger partial charge in [-0.15, -0.1) is 0 Å². The van der Waals surface area contributed by atoms with E-state index in [9.17, 15) is 9.59 Å². The minimum atomic E-state index is -0.448. The minimum absolute atomic E-state index is 0.0293. The van der Waals surface area contributed by atoms with Crippen LogP contribution in [0.4, 0.5) is 0 Å². The quantitative estimate of drug-likeness (QED) is 0.563. The van der Waals surface area contributed by atoms with Crippen molar-refractivity contribution in [1.29, 1.82) is 0 Å². The molecule has 1 saturated carbocycles. The van der Waals surface area contributed by atoms with Gasteiger partial charge in [-0.3, -0.25) is 9.59 Å². The molecular formula is C22H25N5O4. The van der Waals surface area contributed by atoms with Crippen molar-refractivity contribution in [3.05, 3.63) is 70.2 Å². The summed E-state index contributed by atoms with van der Waals surface area (Å²) in [5, 5.41) is 11.1. The number of amides is 1. The highest BCUT2D eigenvalue weighted by atomic mass is 16.5. The normalized spacial score (nSPS) is 14.4. The number of benzene rings is 1. The average molecular weight is 423 g/mol. The molecule has 0 aliphatic heterocycles. The van der Waals surface area contributed by atoms with E-state index < -0.39 is 11.9 Å². The van der Waals surface area contributed by atoms with Crippen LogP contribution >= 0.6 is 0 Å². The van der Waals surface area contributed by atoms with Gasteiger partial charge in [0.1, 0.15) is 24.1 Å². The summed E-state index contributed by atoms with van der Waals surface area (Å²) in [4.78, 5) is 29.4. The first kappa shape index (κ1) is 20.8. The Bertz CT molecular complexity index is 1090. The predicted octanol–water partition coefficient (Wildman–Crippen LogP) is 2.71. The molecule has 4 rings (SSSR count). The Hall–Kier alpha value is -3.49. The molecule has 1 amide bonds. The van der Waals surface area contributed by atoms with Crippen molar-refractivity contribution >= 4 is 5.91 Å². The summed E-state index contributed by atoms with van der Waals surface area (Å²) in [7, 11) is 0. The van der Waals surface area contributed by atoms with Gasteiger partial charge in [0.25, 0.3) is 11.5 Å². The number of hydrogen-bond donors (Lipinski definition) is 1. The van der Waals surface area contributed by atoms with Crippen LogP contribution in [0, 0.1) is 5.92 Å². The number of nitrogens with zero attached hydrogens (tertiary/aromatic N) is 4. The van der Waals surface area contributed by atoms with Crippen LogP contribution in [-0.2, 0) is 6.54 Å². The summed E-state index contributed by atoms with van der Waals surface area (Å²) in [6.07, 6.45) is 2.13. The molecule has 0 radical (unpaired) electrons. The number of carbonyl (C=O) groups is 1. The van der Waals surface area contributed by atoms with Crippen LogP contribution in [0.2, 0.25) is 0 Å². The van der Waals surface area contributed by atoms with Crippen molar-refractivity contribution in [1.82, 2.24) is 25.2 Å². The van der Waals surface area contributed by atoms with Crippen LogP contribution in [0.3, 0.4) is 0 Å². The lowest BCUT2D eigenvalue weighted by molar-refractivity contribution is 0.0905. The summed E-state index contributed by atoms with van der Waals surface area (Å²) in [6, 6.07) is 11.6. The molecule has 9 heteroatoms. The first-order chi connectivity index (χ1) is 15.0. The second-order valence-corrected chi connectivity index (χ2v) is 7.90. The van der Waals surface area contributed by atoms with Crippen molar-refractivity contribution in [3.8, 4) is 5.75 Å². The molecule has 1 aromatic carbocycles. The topological polar surface area (TPSA) is 112 Å². The smallest absolute Gasteiger partial charge is 0.272 e. The predicted molar refractivity (Wildman–Crippen MR) is 112 cm³/mol. The molecular weight excluding hydrogens is 398 g/mol. The van der Waals surface area contributed by atoms with Gasteiger partial charge >= 0.3 is 0 Å². The summed E-state index contributed by atoms with van der Waals surface area (Å²) in [6.45, 7) is 4.39. The van der Waals surface area contributed by atoms with E-state index >= 15 is 0 Å². The Morgan fingerprint density at radius 2 is 2.00 bits per heavy atom. The Labute approximate surface area is 179 Å². The van der Waals surface area contributed by atoms with Crippen LogP contribution < -0.4 is 15.6 Å². The van der Waals surface area contributed by atoms with Crippen LogP contribution in [0.15, 0.2) is 51.8 Å². The number of aromatic nitrogens is 4. The highest BCUT2D eigenvalue weighted by Gasteiger charge is 2.32. The SMILES string of the molecule is CC(C)C(NC(=O)c1ccc(=O)n(CCOc2ccccc2)n1)c1nc(C2CC2)no1. The van der Waals surface area contributed by atoms with Gasteiger partial charge in [-0.2, -0.15) is 10.1 Å². The molecule has 0 bridgehead atoms. The molecule has 162 valence electrons. The zero-order valence-corrected chi connectivity index (χ0v) is 17.5. The molecule has 1 aliphatic carbocycles. The Balaban J connectivity index is 1.43. The largest absolute Gasteiger partial charge is 0.492 e.